The highest BCUT2D eigenvalue weighted by atomic mass is 31.2. The quantitative estimate of drug-likeness (QED) is 0.424. The zero-order valence-corrected chi connectivity index (χ0v) is 8.05. The Balaban J connectivity index is 3.51. The van der Waals surface area contributed by atoms with E-state index in [1.807, 2.05) is 0 Å². The largest absolute Gasteiger partial charge is 0.499 e. The highest BCUT2D eigenvalue weighted by molar-refractivity contribution is 7.46. The van der Waals surface area contributed by atoms with Gasteiger partial charge in [-0.3, -0.25) is 4.52 Å². The average molecular weight is 212 g/mol. The molecule has 0 fully saturated rings. The molecule has 0 aromatic rings. The van der Waals surface area contributed by atoms with E-state index in [-0.39, 0.29) is 6.61 Å². The average Bonchev–Trinajstić information content (AvgIpc) is 2.00. The van der Waals surface area contributed by atoms with Crippen molar-refractivity contribution in [3.63, 3.8) is 0 Å². The van der Waals surface area contributed by atoms with Crippen LogP contribution < -0.4 is 0 Å². The van der Waals surface area contributed by atoms with Crippen LogP contribution in [0.3, 0.4) is 0 Å². The third kappa shape index (κ3) is 9.52. The van der Waals surface area contributed by atoms with Gasteiger partial charge in [-0.15, -0.1) is 0 Å². The van der Waals surface area contributed by atoms with E-state index in [1.165, 1.54) is 6.26 Å². The molecule has 13 heavy (non-hydrogen) atoms. The highest BCUT2D eigenvalue weighted by Gasteiger charge is 2.16. The van der Waals surface area contributed by atoms with Gasteiger partial charge in [-0.05, 0) is 6.92 Å². The number of aliphatic hydroxyl groups excluding tert-OH is 1. The van der Waals surface area contributed by atoms with Crippen LogP contribution in [-0.4, -0.2) is 34.2 Å². The molecule has 0 rings (SSSR count). The molecule has 1 atom stereocenters. The molecule has 0 amide bonds. The van der Waals surface area contributed by atoms with Crippen LogP contribution in [0, 0.1) is 0 Å². The number of hydrogen-bond acceptors (Lipinski definition) is 4. The molecule has 0 aromatic heterocycles. The third-order valence-electron chi connectivity index (χ3n) is 0.956. The second-order valence-electron chi connectivity index (χ2n) is 2.24. The zero-order valence-electron chi connectivity index (χ0n) is 7.16. The molecular weight excluding hydrogens is 199 g/mol. The summed E-state index contributed by atoms with van der Waals surface area (Å²) in [6.07, 6.45) is 1.93. The first-order chi connectivity index (χ1) is 5.95. The van der Waals surface area contributed by atoms with Gasteiger partial charge in [-0.2, -0.15) is 0 Å². The van der Waals surface area contributed by atoms with E-state index < -0.39 is 20.5 Å². The molecule has 1 unspecified atom stereocenters. The molecule has 0 saturated carbocycles. The van der Waals surface area contributed by atoms with Gasteiger partial charge < -0.3 is 19.6 Å². The number of allylic oxidation sites excluding steroid dienone is 1. The molecule has 0 bridgehead atoms. The first-order valence-electron chi connectivity index (χ1n) is 3.56. The van der Waals surface area contributed by atoms with Gasteiger partial charge in [0.1, 0.15) is 12.7 Å². The Morgan fingerprint density at radius 2 is 2.08 bits per heavy atom. The van der Waals surface area contributed by atoms with E-state index in [9.17, 15) is 4.57 Å². The second kappa shape index (κ2) is 6.12. The van der Waals surface area contributed by atoms with Crippen molar-refractivity contribution in [2.75, 3.05) is 13.2 Å². The molecule has 0 saturated heterocycles. The molecule has 78 valence electrons. The number of phosphoric acid groups is 1. The molecule has 0 spiro atoms. The fraction of sp³-hybridized carbons (Fsp3) is 0.667. The normalized spacial score (nSPS) is 14.8. The molecule has 0 heterocycles. The van der Waals surface area contributed by atoms with Gasteiger partial charge in [-0.25, -0.2) is 4.57 Å². The smallest absolute Gasteiger partial charge is 0.469 e. The van der Waals surface area contributed by atoms with Crippen molar-refractivity contribution in [2.45, 2.75) is 13.0 Å². The summed E-state index contributed by atoms with van der Waals surface area (Å²) >= 11 is 0. The predicted molar refractivity (Wildman–Crippen MR) is 44.8 cm³/mol. The minimum absolute atomic E-state index is 0.0651. The fourth-order valence-corrected chi connectivity index (χ4v) is 0.860. The SMILES string of the molecule is CC=COCC(O)COP(=O)(O)O. The molecule has 7 heteroatoms. The number of rotatable bonds is 6. The summed E-state index contributed by atoms with van der Waals surface area (Å²) in [5.41, 5.74) is 0. The van der Waals surface area contributed by atoms with E-state index in [2.05, 4.69) is 4.52 Å². The fourth-order valence-electron chi connectivity index (χ4n) is 0.494. The number of phosphoric ester groups is 1. The Bertz CT molecular complexity index is 197. The molecule has 6 nitrogen and oxygen atoms in total. The Kier molecular flexibility index (Phi) is 5.94. The van der Waals surface area contributed by atoms with Crippen molar-refractivity contribution in [1.29, 1.82) is 0 Å². The number of hydrogen-bond donors (Lipinski definition) is 3. The highest BCUT2D eigenvalue weighted by Crippen LogP contribution is 2.35. The third-order valence-corrected chi connectivity index (χ3v) is 1.44. The first-order valence-corrected chi connectivity index (χ1v) is 5.09. The summed E-state index contributed by atoms with van der Waals surface area (Å²) < 4.78 is 19.0. The molecular formula is C6H13O6P. The zero-order chi connectivity index (χ0) is 10.3. The molecule has 0 radical (unpaired) electrons. The van der Waals surface area contributed by atoms with Gasteiger partial charge in [0, 0.05) is 0 Å². The van der Waals surface area contributed by atoms with E-state index in [0.717, 1.165) is 0 Å². The van der Waals surface area contributed by atoms with E-state index in [4.69, 9.17) is 19.6 Å². The predicted octanol–water partition coefficient (Wildman–Crippen LogP) is 0.00680. The molecule has 0 aliphatic rings. The van der Waals surface area contributed by atoms with Crippen LogP contribution in [0.25, 0.3) is 0 Å². The lowest BCUT2D eigenvalue weighted by Gasteiger charge is -2.10. The summed E-state index contributed by atoms with van der Waals surface area (Å²) in [4.78, 5) is 16.5. The van der Waals surface area contributed by atoms with Crippen LogP contribution in [0.4, 0.5) is 0 Å². The van der Waals surface area contributed by atoms with Crippen molar-refractivity contribution in [3.05, 3.63) is 12.3 Å². The van der Waals surface area contributed by atoms with Crippen LogP contribution in [0.5, 0.6) is 0 Å². The van der Waals surface area contributed by atoms with Gasteiger partial charge in [0.2, 0.25) is 0 Å². The van der Waals surface area contributed by atoms with Crippen molar-refractivity contribution >= 4 is 7.82 Å². The van der Waals surface area contributed by atoms with Crippen molar-refractivity contribution in [2.24, 2.45) is 0 Å². The summed E-state index contributed by atoms with van der Waals surface area (Å²) in [6, 6.07) is 0. The van der Waals surface area contributed by atoms with Crippen LogP contribution >= 0.6 is 7.82 Å². The Morgan fingerprint density at radius 3 is 2.54 bits per heavy atom. The molecule has 0 aliphatic carbocycles. The van der Waals surface area contributed by atoms with Gasteiger partial charge in [0.25, 0.3) is 0 Å². The van der Waals surface area contributed by atoms with E-state index in [0.29, 0.717) is 0 Å². The molecule has 0 aliphatic heterocycles. The van der Waals surface area contributed by atoms with Gasteiger partial charge in [0.15, 0.2) is 0 Å². The minimum Gasteiger partial charge on any atom is -0.499 e. The van der Waals surface area contributed by atoms with Crippen LogP contribution in [0.2, 0.25) is 0 Å². The van der Waals surface area contributed by atoms with Crippen LogP contribution in [0.15, 0.2) is 12.3 Å². The Morgan fingerprint density at radius 1 is 1.46 bits per heavy atom. The topological polar surface area (TPSA) is 96.2 Å². The lowest BCUT2D eigenvalue weighted by atomic mass is 10.4. The minimum atomic E-state index is -4.49. The first kappa shape index (κ1) is 12.6. The van der Waals surface area contributed by atoms with Crippen molar-refractivity contribution < 1.29 is 28.7 Å². The Labute approximate surface area is 76.0 Å². The maximum Gasteiger partial charge on any atom is 0.469 e. The number of ether oxygens (including phenoxy) is 1. The van der Waals surface area contributed by atoms with Crippen LogP contribution in [0.1, 0.15) is 6.92 Å². The lowest BCUT2D eigenvalue weighted by Crippen LogP contribution is -2.19. The van der Waals surface area contributed by atoms with Gasteiger partial charge in [0.05, 0.1) is 12.9 Å². The maximum absolute atomic E-state index is 10.2. The number of aliphatic hydroxyl groups is 1. The van der Waals surface area contributed by atoms with Gasteiger partial charge in [-0.1, -0.05) is 6.08 Å². The monoisotopic (exact) mass is 212 g/mol. The lowest BCUT2D eigenvalue weighted by molar-refractivity contribution is 0.0358. The summed E-state index contributed by atoms with van der Waals surface area (Å²) in [7, 11) is -4.49. The molecule has 0 aromatic carbocycles. The van der Waals surface area contributed by atoms with E-state index >= 15 is 0 Å². The second-order valence-corrected chi connectivity index (χ2v) is 3.48. The van der Waals surface area contributed by atoms with E-state index in [1.54, 1.807) is 13.0 Å². The Hall–Kier alpha value is -0.390. The summed E-state index contributed by atoms with van der Waals surface area (Å²) in [5, 5.41) is 9.01. The van der Waals surface area contributed by atoms with Crippen molar-refractivity contribution in [1.82, 2.24) is 0 Å². The van der Waals surface area contributed by atoms with Gasteiger partial charge >= 0.3 is 7.82 Å². The summed E-state index contributed by atoms with van der Waals surface area (Å²) in [6.45, 7) is 1.21. The molecule has 3 N–H and O–H groups in total. The van der Waals surface area contributed by atoms with Crippen molar-refractivity contribution in [3.8, 4) is 0 Å². The van der Waals surface area contributed by atoms with Crippen LogP contribution in [-0.2, 0) is 13.8 Å². The summed E-state index contributed by atoms with van der Waals surface area (Å²) in [5.74, 6) is 0. The standard InChI is InChI=1S/C6H13O6P/c1-2-3-11-4-6(7)5-12-13(8,9)10/h2-3,6-7H,4-5H2,1H3,(H2,8,9,10). The maximum atomic E-state index is 10.2.